The smallest absolute Gasteiger partial charge is 0.243 e. The minimum atomic E-state index is -0.290. The molecular weight excluding hydrogens is 312 g/mol. The quantitative estimate of drug-likeness (QED) is 0.931. The van der Waals surface area contributed by atoms with E-state index in [0.717, 1.165) is 10.2 Å². The van der Waals surface area contributed by atoms with Crippen molar-refractivity contribution < 1.29 is 9.59 Å². The van der Waals surface area contributed by atoms with Crippen LogP contribution in [-0.4, -0.2) is 59.3 Å². The average Bonchev–Trinajstić information content (AvgIpc) is 2.87. The van der Waals surface area contributed by atoms with Crippen molar-refractivity contribution in [1.82, 2.24) is 14.8 Å². The van der Waals surface area contributed by atoms with Crippen molar-refractivity contribution in [3.63, 3.8) is 0 Å². The van der Waals surface area contributed by atoms with Gasteiger partial charge in [-0.1, -0.05) is 23.5 Å². The van der Waals surface area contributed by atoms with E-state index in [1.807, 2.05) is 36.1 Å². The van der Waals surface area contributed by atoms with Gasteiger partial charge in [-0.15, -0.1) is 0 Å². The van der Waals surface area contributed by atoms with Gasteiger partial charge in [0.1, 0.15) is 0 Å². The Morgan fingerprint density at radius 3 is 2.87 bits per heavy atom. The van der Waals surface area contributed by atoms with Crippen LogP contribution in [0.5, 0.6) is 0 Å². The van der Waals surface area contributed by atoms with Crippen molar-refractivity contribution in [3.8, 4) is 0 Å². The van der Waals surface area contributed by atoms with E-state index in [1.54, 1.807) is 11.9 Å². The van der Waals surface area contributed by atoms with Gasteiger partial charge >= 0.3 is 0 Å². The maximum atomic E-state index is 12.5. The molecule has 0 radical (unpaired) electrons. The Hall–Kier alpha value is -1.99. The fourth-order valence-electron chi connectivity index (χ4n) is 2.63. The Balaban J connectivity index is 1.66. The zero-order valence-electron chi connectivity index (χ0n) is 13.3. The van der Waals surface area contributed by atoms with Gasteiger partial charge in [0, 0.05) is 33.1 Å². The molecule has 1 aliphatic rings. The predicted octanol–water partition coefficient (Wildman–Crippen LogP) is 1.79. The van der Waals surface area contributed by atoms with Crippen molar-refractivity contribution in [1.29, 1.82) is 0 Å². The van der Waals surface area contributed by atoms with E-state index >= 15 is 0 Å². The van der Waals surface area contributed by atoms with E-state index in [1.165, 1.54) is 11.3 Å². The Labute approximate surface area is 139 Å². The maximum absolute atomic E-state index is 12.5. The monoisotopic (exact) mass is 332 g/mol. The Kier molecular flexibility index (Phi) is 4.58. The number of anilines is 1. The maximum Gasteiger partial charge on any atom is 0.243 e. The molecule has 122 valence electrons. The number of thiazole rings is 1. The largest absolute Gasteiger partial charge is 0.344 e. The summed E-state index contributed by atoms with van der Waals surface area (Å²) in [6.07, 6.45) is 0.454. The second kappa shape index (κ2) is 6.64. The second-order valence-corrected chi connectivity index (χ2v) is 6.78. The number of rotatable bonds is 3. The Morgan fingerprint density at radius 1 is 1.30 bits per heavy atom. The molecule has 1 aliphatic heterocycles. The topological polar surface area (TPSA) is 65.5 Å². The number of nitrogens with zero attached hydrogens (tertiary/aromatic N) is 3. The number of benzene rings is 1. The highest BCUT2D eigenvalue weighted by molar-refractivity contribution is 7.22. The number of aromatic nitrogens is 1. The average molecular weight is 332 g/mol. The number of hydrogen-bond acceptors (Lipinski definition) is 5. The van der Waals surface area contributed by atoms with Gasteiger partial charge in [-0.05, 0) is 19.1 Å². The summed E-state index contributed by atoms with van der Waals surface area (Å²) in [7, 11) is 1.80. The molecule has 1 fully saturated rings. The molecule has 2 aromatic rings. The number of likely N-dealkylation sites (N-methyl/N-ethyl adjacent to an activating group) is 1. The number of para-hydroxylation sites is 1. The molecule has 23 heavy (non-hydrogen) atoms. The normalized spacial score (nSPS) is 18.0. The summed E-state index contributed by atoms with van der Waals surface area (Å²) in [5.41, 5.74) is 0.891. The number of carbonyl (C=O) groups is 2. The highest BCUT2D eigenvalue weighted by Gasteiger charge is 2.26. The minimum absolute atomic E-state index is 0.0824. The van der Waals surface area contributed by atoms with Crippen molar-refractivity contribution in [3.05, 3.63) is 24.3 Å². The number of amides is 2. The van der Waals surface area contributed by atoms with Crippen LogP contribution in [0.1, 0.15) is 13.3 Å². The molecule has 0 aliphatic carbocycles. The van der Waals surface area contributed by atoms with Crippen LogP contribution in [0.4, 0.5) is 5.13 Å². The molecule has 6 nitrogen and oxygen atoms in total. The van der Waals surface area contributed by atoms with E-state index in [2.05, 4.69) is 10.3 Å². The van der Waals surface area contributed by atoms with Crippen molar-refractivity contribution in [2.24, 2.45) is 0 Å². The first kappa shape index (κ1) is 15.9. The van der Waals surface area contributed by atoms with Gasteiger partial charge < -0.3 is 10.2 Å². The number of fused-ring (bicyclic) bond motifs is 1. The standard InChI is InChI=1S/C16H20N4O2S/c1-11(20-8-7-14(21)19(2)9-10-20)15(22)18-16-17-12-5-3-4-6-13(12)23-16/h3-6,11H,7-10H2,1-2H3,(H,17,18,22)/t11-/m1/s1. The zero-order chi connectivity index (χ0) is 16.4. The highest BCUT2D eigenvalue weighted by atomic mass is 32.1. The van der Waals surface area contributed by atoms with E-state index in [-0.39, 0.29) is 17.9 Å². The molecule has 1 aromatic heterocycles. The van der Waals surface area contributed by atoms with Crippen LogP contribution in [0, 0.1) is 0 Å². The van der Waals surface area contributed by atoms with Crippen LogP contribution >= 0.6 is 11.3 Å². The van der Waals surface area contributed by atoms with Crippen molar-refractivity contribution >= 4 is 38.5 Å². The Morgan fingerprint density at radius 2 is 2.09 bits per heavy atom. The highest BCUT2D eigenvalue weighted by Crippen LogP contribution is 2.25. The van der Waals surface area contributed by atoms with Gasteiger partial charge in [-0.3, -0.25) is 14.5 Å². The van der Waals surface area contributed by atoms with Crippen molar-refractivity contribution in [2.75, 3.05) is 32.0 Å². The molecule has 1 aromatic carbocycles. The first-order valence-electron chi connectivity index (χ1n) is 7.69. The number of nitrogens with one attached hydrogen (secondary N) is 1. The van der Waals surface area contributed by atoms with Gasteiger partial charge in [-0.2, -0.15) is 0 Å². The Bertz CT molecular complexity index is 697. The SMILES string of the molecule is C[C@H](C(=O)Nc1nc2ccccc2s1)N1CCC(=O)N(C)CC1. The first-order valence-corrected chi connectivity index (χ1v) is 8.50. The van der Waals surface area contributed by atoms with Crippen LogP contribution < -0.4 is 5.32 Å². The molecule has 0 unspecified atom stereocenters. The zero-order valence-corrected chi connectivity index (χ0v) is 14.1. The molecule has 0 spiro atoms. The summed E-state index contributed by atoms with van der Waals surface area (Å²) in [6.45, 7) is 3.84. The third-order valence-electron chi connectivity index (χ3n) is 4.21. The van der Waals surface area contributed by atoms with Crippen LogP contribution in [0.2, 0.25) is 0 Å². The summed E-state index contributed by atoms with van der Waals surface area (Å²) in [4.78, 5) is 32.4. The minimum Gasteiger partial charge on any atom is -0.344 e. The second-order valence-electron chi connectivity index (χ2n) is 5.75. The third-order valence-corrected chi connectivity index (χ3v) is 5.16. The van der Waals surface area contributed by atoms with Crippen LogP contribution in [0.3, 0.4) is 0 Å². The van der Waals surface area contributed by atoms with Gasteiger partial charge in [0.25, 0.3) is 0 Å². The molecule has 1 saturated heterocycles. The summed E-state index contributed by atoms with van der Waals surface area (Å²) >= 11 is 1.47. The van der Waals surface area contributed by atoms with Gasteiger partial charge in [0.2, 0.25) is 11.8 Å². The molecule has 1 atom stereocenters. The summed E-state index contributed by atoms with van der Waals surface area (Å²) < 4.78 is 1.05. The summed E-state index contributed by atoms with van der Waals surface area (Å²) in [5, 5.41) is 3.52. The number of hydrogen-bond donors (Lipinski definition) is 1. The lowest BCUT2D eigenvalue weighted by Gasteiger charge is -2.25. The van der Waals surface area contributed by atoms with Crippen LogP contribution in [-0.2, 0) is 9.59 Å². The lowest BCUT2D eigenvalue weighted by molar-refractivity contribution is -0.129. The predicted molar refractivity (Wildman–Crippen MR) is 91.5 cm³/mol. The molecule has 3 rings (SSSR count). The fourth-order valence-corrected chi connectivity index (χ4v) is 3.50. The van der Waals surface area contributed by atoms with E-state index < -0.39 is 0 Å². The van der Waals surface area contributed by atoms with Gasteiger partial charge in [0.05, 0.1) is 16.3 Å². The molecule has 2 heterocycles. The van der Waals surface area contributed by atoms with Gasteiger partial charge in [0.15, 0.2) is 5.13 Å². The van der Waals surface area contributed by atoms with Gasteiger partial charge in [-0.25, -0.2) is 4.98 Å². The van der Waals surface area contributed by atoms with Crippen LogP contribution in [0.15, 0.2) is 24.3 Å². The lowest BCUT2D eigenvalue weighted by Crippen LogP contribution is -2.43. The fraction of sp³-hybridized carbons (Fsp3) is 0.438. The summed E-state index contributed by atoms with van der Waals surface area (Å²) in [5.74, 6) is 0.0485. The van der Waals surface area contributed by atoms with E-state index in [4.69, 9.17) is 0 Å². The molecule has 7 heteroatoms. The van der Waals surface area contributed by atoms with E-state index in [9.17, 15) is 9.59 Å². The molecular formula is C16H20N4O2S. The lowest BCUT2D eigenvalue weighted by atomic mass is 10.2. The van der Waals surface area contributed by atoms with E-state index in [0.29, 0.717) is 31.2 Å². The van der Waals surface area contributed by atoms with Crippen molar-refractivity contribution in [2.45, 2.75) is 19.4 Å². The van der Waals surface area contributed by atoms with Crippen LogP contribution in [0.25, 0.3) is 10.2 Å². The first-order chi connectivity index (χ1) is 11.0. The number of carbonyl (C=O) groups excluding carboxylic acids is 2. The molecule has 0 bridgehead atoms. The third kappa shape index (κ3) is 3.51. The molecule has 1 N–H and O–H groups in total. The molecule has 0 saturated carbocycles. The molecule has 2 amide bonds. The summed E-state index contributed by atoms with van der Waals surface area (Å²) in [6, 6.07) is 7.52.